The summed E-state index contributed by atoms with van der Waals surface area (Å²) >= 11 is 0. The number of likely N-dealkylation sites (tertiary alicyclic amines) is 1. The lowest BCUT2D eigenvalue weighted by Gasteiger charge is -2.44. The fourth-order valence-corrected chi connectivity index (χ4v) is 8.01. The first-order valence-corrected chi connectivity index (χ1v) is 16.9. The molecule has 0 saturated carbocycles. The van der Waals surface area contributed by atoms with E-state index in [-0.39, 0.29) is 17.0 Å². The number of carbonyl (C=O) groups is 2. The van der Waals surface area contributed by atoms with Crippen molar-refractivity contribution in [2.24, 2.45) is 5.41 Å². The number of nitrogens with zero attached hydrogens (tertiary/aromatic N) is 9. The van der Waals surface area contributed by atoms with Crippen LogP contribution in [0.15, 0.2) is 30.3 Å². The van der Waals surface area contributed by atoms with Crippen LogP contribution in [0.5, 0.6) is 0 Å². The zero-order valence-electron chi connectivity index (χ0n) is 27.4. The molecule has 7 rings (SSSR count). The topological polar surface area (TPSA) is 135 Å². The molecule has 0 bridgehead atoms. The highest BCUT2D eigenvalue weighted by Crippen LogP contribution is 2.40. The Labute approximate surface area is 275 Å². The summed E-state index contributed by atoms with van der Waals surface area (Å²) in [6.45, 7) is 11.1. The van der Waals surface area contributed by atoms with Crippen LogP contribution in [0.2, 0.25) is 0 Å². The highest BCUT2D eigenvalue weighted by atomic mass is 16.4. The number of aryl methyl sites for hydroxylation is 1. The third-order valence-electron chi connectivity index (χ3n) is 10.8. The maximum absolute atomic E-state index is 12.4. The number of benzene rings is 1. The molecule has 12 heteroatoms. The summed E-state index contributed by atoms with van der Waals surface area (Å²) < 4.78 is 2.31. The van der Waals surface area contributed by atoms with Crippen molar-refractivity contribution in [2.75, 3.05) is 55.6 Å². The zero-order valence-corrected chi connectivity index (χ0v) is 27.4. The summed E-state index contributed by atoms with van der Waals surface area (Å²) in [4.78, 5) is 32.7. The van der Waals surface area contributed by atoms with Crippen molar-refractivity contribution in [3.8, 4) is 6.07 Å². The molecule has 2 fully saturated rings. The van der Waals surface area contributed by atoms with Crippen molar-refractivity contribution >= 4 is 29.2 Å². The maximum atomic E-state index is 12.4. The Morgan fingerprint density at radius 1 is 1.02 bits per heavy atom. The average Bonchev–Trinajstić information content (AvgIpc) is 3.47. The van der Waals surface area contributed by atoms with Gasteiger partial charge in [-0.05, 0) is 79.8 Å². The molecule has 1 amide bonds. The lowest BCUT2D eigenvalue weighted by Crippen LogP contribution is -2.47. The number of anilines is 3. The summed E-state index contributed by atoms with van der Waals surface area (Å²) in [5, 5.41) is 32.0. The van der Waals surface area contributed by atoms with Crippen LogP contribution in [-0.2, 0) is 24.2 Å². The molecule has 0 aliphatic carbocycles. The summed E-state index contributed by atoms with van der Waals surface area (Å²) in [7, 11) is 0. The van der Waals surface area contributed by atoms with Crippen molar-refractivity contribution in [2.45, 2.75) is 71.4 Å². The van der Waals surface area contributed by atoms with E-state index >= 15 is 0 Å². The Kier molecular flexibility index (Phi) is 8.34. The molecule has 3 aromatic rings. The summed E-state index contributed by atoms with van der Waals surface area (Å²) in [6, 6.07) is 11.9. The normalized spacial score (nSPS) is 20.0. The van der Waals surface area contributed by atoms with Crippen LogP contribution < -0.4 is 9.80 Å². The number of hydrogen-bond donors (Lipinski definition) is 1. The fourth-order valence-electron chi connectivity index (χ4n) is 8.01. The standard InChI is InChI=1S/C35H43N9O3/c1-24(45)42-17-11-31-28(22-42)33(43-14-3-4-26-20-25(21-36)5-7-30(26)43)39-44(31)27-9-15-40(16-10-27)23-35(2)12-18-41(19-13-35)32-8-6-29(34(46)47)37-38-32/h5-8,20,27H,3-4,9-19,22-23H2,1-2H3,(H,46,47). The highest BCUT2D eigenvalue weighted by molar-refractivity contribution is 5.85. The number of fused-ring (bicyclic) bond motifs is 2. The molecule has 2 aromatic heterocycles. The molecule has 6 heterocycles. The quantitative estimate of drug-likeness (QED) is 0.420. The van der Waals surface area contributed by atoms with E-state index in [2.05, 4.69) is 48.6 Å². The van der Waals surface area contributed by atoms with Gasteiger partial charge in [-0.3, -0.25) is 9.48 Å². The van der Waals surface area contributed by atoms with Gasteiger partial charge in [0, 0.05) is 76.1 Å². The number of carboxylic acid groups (broad SMARTS) is 1. The predicted molar refractivity (Wildman–Crippen MR) is 177 cm³/mol. The first-order valence-electron chi connectivity index (χ1n) is 16.9. The van der Waals surface area contributed by atoms with Crippen LogP contribution in [0.25, 0.3) is 0 Å². The first kappa shape index (κ1) is 31.1. The van der Waals surface area contributed by atoms with Crippen LogP contribution in [0, 0.1) is 16.7 Å². The second kappa shape index (κ2) is 12.6. The molecule has 4 aliphatic heterocycles. The molecular formula is C35H43N9O3. The number of rotatable bonds is 6. The van der Waals surface area contributed by atoms with Gasteiger partial charge < -0.3 is 24.7 Å². The number of aromatic carboxylic acids is 1. The third-order valence-corrected chi connectivity index (χ3v) is 10.8. The molecule has 2 saturated heterocycles. The number of piperidine rings is 2. The smallest absolute Gasteiger partial charge is 0.356 e. The van der Waals surface area contributed by atoms with E-state index in [9.17, 15) is 14.9 Å². The molecule has 0 radical (unpaired) electrons. The Hall–Kier alpha value is -4.50. The average molecular weight is 638 g/mol. The molecule has 246 valence electrons. The van der Waals surface area contributed by atoms with E-state index in [1.807, 2.05) is 17.0 Å². The molecule has 0 unspecified atom stereocenters. The Balaban J connectivity index is 1.03. The number of carboxylic acids is 1. The van der Waals surface area contributed by atoms with Crippen molar-refractivity contribution in [1.29, 1.82) is 5.26 Å². The van der Waals surface area contributed by atoms with Gasteiger partial charge in [-0.2, -0.15) is 10.4 Å². The van der Waals surface area contributed by atoms with Crippen molar-refractivity contribution in [3.05, 3.63) is 58.4 Å². The maximum Gasteiger partial charge on any atom is 0.356 e. The number of aromatic nitrogens is 4. The van der Waals surface area contributed by atoms with Gasteiger partial charge in [0.2, 0.25) is 5.91 Å². The molecule has 12 nitrogen and oxygen atoms in total. The van der Waals surface area contributed by atoms with Crippen LogP contribution in [0.4, 0.5) is 17.3 Å². The second-order valence-corrected chi connectivity index (χ2v) is 14.0. The van der Waals surface area contributed by atoms with E-state index in [4.69, 9.17) is 10.2 Å². The number of amides is 1. The molecule has 0 atom stereocenters. The molecule has 47 heavy (non-hydrogen) atoms. The van der Waals surface area contributed by atoms with Gasteiger partial charge in [0.1, 0.15) is 0 Å². The van der Waals surface area contributed by atoms with Crippen molar-refractivity contribution in [1.82, 2.24) is 29.8 Å². The predicted octanol–water partition coefficient (Wildman–Crippen LogP) is 4.18. The second-order valence-electron chi connectivity index (χ2n) is 14.0. The minimum Gasteiger partial charge on any atom is -0.476 e. The molecule has 1 aromatic carbocycles. The van der Waals surface area contributed by atoms with Gasteiger partial charge in [0.05, 0.1) is 24.2 Å². The van der Waals surface area contributed by atoms with Gasteiger partial charge in [-0.15, -0.1) is 10.2 Å². The van der Waals surface area contributed by atoms with Gasteiger partial charge in [0.15, 0.2) is 17.3 Å². The molecule has 1 N–H and O–H groups in total. The molecule has 4 aliphatic rings. The third kappa shape index (κ3) is 6.16. The number of nitriles is 1. The van der Waals surface area contributed by atoms with Crippen LogP contribution in [0.1, 0.15) is 84.9 Å². The first-order chi connectivity index (χ1) is 22.7. The lowest BCUT2D eigenvalue weighted by molar-refractivity contribution is -0.129. The van der Waals surface area contributed by atoms with E-state index in [0.29, 0.717) is 18.2 Å². The van der Waals surface area contributed by atoms with E-state index in [0.717, 1.165) is 108 Å². The minimum absolute atomic E-state index is 0.0317. The number of carbonyl (C=O) groups excluding carboxylic acids is 1. The van der Waals surface area contributed by atoms with E-state index in [1.165, 1.54) is 22.9 Å². The van der Waals surface area contributed by atoms with Crippen LogP contribution in [0.3, 0.4) is 0 Å². The van der Waals surface area contributed by atoms with Gasteiger partial charge in [-0.25, -0.2) is 4.79 Å². The Bertz CT molecular complexity index is 1700. The van der Waals surface area contributed by atoms with Crippen LogP contribution in [-0.4, -0.2) is 92.6 Å². The highest BCUT2D eigenvalue weighted by Gasteiger charge is 2.36. The largest absolute Gasteiger partial charge is 0.476 e. The molecular weight excluding hydrogens is 594 g/mol. The number of hydrogen-bond acceptors (Lipinski definition) is 9. The SMILES string of the molecule is CC(=O)N1CCc2c(c(N3CCCc4cc(C#N)ccc43)nn2C2CCN(CC3(C)CCN(c4ccc(C(=O)O)nn4)CC3)CC2)C1. The van der Waals surface area contributed by atoms with Gasteiger partial charge in [0.25, 0.3) is 0 Å². The Morgan fingerprint density at radius 2 is 1.81 bits per heavy atom. The summed E-state index contributed by atoms with van der Waals surface area (Å²) in [6.07, 6.45) is 6.94. The van der Waals surface area contributed by atoms with E-state index in [1.54, 1.807) is 13.0 Å². The summed E-state index contributed by atoms with van der Waals surface area (Å²) in [5.74, 6) is 0.755. The monoisotopic (exact) mass is 637 g/mol. The van der Waals surface area contributed by atoms with Crippen molar-refractivity contribution < 1.29 is 14.7 Å². The zero-order chi connectivity index (χ0) is 32.7. The lowest BCUT2D eigenvalue weighted by atomic mass is 9.79. The van der Waals surface area contributed by atoms with Gasteiger partial charge in [-0.1, -0.05) is 6.92 Å². The van der Waals surface area contributed by atoms with E-state index < -0.39 is 5.97 Å². The summed E-state index contributed by atoms with van der Waals surface area (Å²) in [5.41, 5.74) is 5.63. The van der Waals surface area contributed by atoms with Crippen molar-refractivity contribution in [3.63, 3.8) is 0 Å². The Morgan fingerprint density at radius 3 is 2.49 bits per heavy atom. The van der Waals surface area contributed by atoms with Crippen LogP contribution >= 0.6 is 0 Å². The minimum atomic E-state index is -1.06. The molecule has 0 spiro atoms. The fraction of sp³-hybridized carbons (Fsp3) is 0.543. The van der Waals surface area contributed by atoms with Gasteiger partial charge >= 0.3 is 5.97 Å².